The number of benzene rings is 1. The Morgan fingerprint density at radius 3 is 3.06 bits per heavy atom. The molecule has 1 aliphatic heterocycles. The molecule has 0 amide bonds. The maximum absolute atomic E-state index is 4.62. The molecule has 96 valence electrons. The van der Waals surface area contributed by atoms with Crippen molar-refractivity contribution >= 4 is 11.0 Å². The highest BCUT2D eigenvalue weighted by Crippen LogP contribution is 2.18. The van der Waals surface area contributed by atoms with E-state index in [-0.39, 0.29) is 0 Å². The van der Waals surface area contributed by atoms with Crippen LogP contribution in [0.1, 0.15) is 31.5 Å². The summed E-state index contributed by atoms with van der Waals surface area (Å²) in [6, 6.07) is 9.11. The number of piperidine rings is 1. The highest BCUT2D eigenvalue weighted by atomic mass is 15.1. The smallest absolute Gasteiger partial charge is 0.106 e. The van der Waals surface area contributed by atoms with Crippen molar-refractivity contribution in [3.63, 3.8) is 0 Å². The predicted molar refractivity (Wildman–Crippen MR) is 74.7 cm³/mol. The Kier molecular flexibility index (Phi) is 3.33. The molecule has 0 bridgehead atoms. The third kappa shape index (κ3) is 2.27. The van der Waals surface area contributed by atoms with E-state index in [9.17, 15) is 0 Å². The summed E-state index contributed by atoms with van der Waals surface area (Å²) in [6.07, 6.45) is 5.25. The van der Waals surface area contributed by atoms with E-state index in [0.717, 1.165) is 17.9 Å². The third-order valence-corrected chi connectivity index (χ3v) is 3.96. The van der Waals surface area contributed by atoms with Crippen molar-refractivity contribution in [3.8, 4) is 0 Å². The molecule has 1 N–H and O–H groups in total. The number of aryl methyl sites for hydroxylation is 2. The van der Waals surface area contributed by atoms with Crippen LogP contribution in [-0.4, -0.2) is 22.1 Å². The first-order valence-electron chi connectivity index (χ1n) is 7.00. The maximum atomic E-state index is 4.62. The normalized spacial score (nSPS) is 20.4. The number of nitrogens with one attached hydrogen (secondary N) is 1. The molecule has 1 unspecified atom stereocenters. The fourth-order valence-electron chi connectivity index (χ4n) is 2.93. The van der Waals surface area contributed by atoms with Gasteiger partial charge in [-0.3, -0.25) is 0 Å². The molecule has 0 aliphatic carbocycles. The molecule has 1 fully saturated rings. The lowest BCUT2D eigenvalue weighted by Gasteiger charge is -2.23. The zero-order valence-electron chi connectivity index (χ0n) is 11.0. The minimum atomic E-state index is 0.694. The van der Waals surface area contributed by atoms with Gasteiger partial charge in [0.05, 0.1) is 11.0 Å². The molecule has 18 heavy (non-hydrogen) atoms. The predicted octanol–water partition coefficient (Wildman–Crippen LogP) is 2.88. The molecule has 2 aromatic rings. The van der Waals surface area contributed by atoms with Crippen molar-refractivity contribution in [1.29, 1.82) is 0 Å². The second-order valence-electron chi connectivity index (χ2n) is 5.23. The molecule has 3 nitrogen and oxygen atoms in total. The lowest BCUT2D eigenvalue weighted by Crippen LogP contribution is -2.34. The van der Waals surface area contributed by atoms with Gasteiger partial charge in [0, 0.05) is 12.6 Å². The largest absolute Gasteiger partial charge is 0.328 e. The van der Waals surface area contributed by atoms with Crippen LogP contribution < -0.4 is 5.32 Å². The van der Waals surface area contributed by atoms with E-state index in [1.54, 1.807) is 0 Å². The molecule has 1 aliphatic rings. The Morgan fingerprint density at radius 1 is 1.33 bits per heavy atom. The fourth-order valence-corrected chi connectivity index (χ4v) is 2.93. The molecule has 0 saturated carbocycles. The van der Waals surface area contributed by atoms with Crippen LogP contribution in [0.4, 0.5) is 0 Å². The Bertz CT molecular complexity index is 524. The molecular weight excluding hydrogens is 222 g/mol. The summed E-state index contributed by atoms with van der Waals surface area (Å²) in [5.74, 6) is 1.13. The Balaban J connectivity index is 1.75. The number of aromatic nitrogens is 2. The lowest BCUT2D eigenvalue weighted by atomic mass is 10.0. The van der Waals surface area contributed by atoms with Gasteiger partial charge in [0.1, 0.15) is 5.82 Å². The van der Waals surface area contributed by atoms with E-state index >= 15 is 0 Å². The Labute approximate surface area is 108 Å². The van der Waals surface area contributed by atoms with Crippen LogP contribution >= 0.6 is 0 Å². The highest BCUT2D eigenvalue weighted by molar-refractivity contribution is 5.75. The number of nitrogens with zero attached hydrogens (tertiary/aromatic N) is 2. The van der Waals surface area contributed by atoms with Crippen LogP contribution in [0.2, 0.25) is 0 Å². The van der Waals surface area contributed by atoms with E-state index in [1.165, 1.54) is 37.7 Å². The van der Waals surface area contributed by atoms with Gasteiger partial charge in [0.25, 0.3) is 0 Å². The molecule has 2 heterocycles. The molecule has 1 saturated heterocycles. The fraction of sp³-hybridized carbons (Fsp3) is 0.533. The quantitative estimate of drug-likeness (QED) is 0.898. The first-order valence-corrected chi connectivity index (χ1v) is 7.00. The number of imidazole rings is 1. The van der Waals surface area contributed by atoms with Crippen molar-refractivity contribution in [2.24, 2.45) is 0 Å². The summed E-state index contributed by atoms with van der Waals surface area (Å²) in [4.78, 5) is 4.62. The highest BCUT2D eigenvalue weighted by Gasteiger charge is 2.13. The number of para-hydroxylation sites is 2. The SMILES string of the molecule is Cc1nc2ccccc2n1CCC1CCCCN1. The molecule has 1 atom stereocenters. The summed E-state index contributed by atoms with van der Waals surface area (Å²) in [5.41, 5.74) is 2.39. The summed E-state index contributed by atoms with van der Waals surface area (Å²) in [6.45, 7) is 4.37. The van der Waals surface area contributed by atoms with Crippen LogP contribution in [0.5, 0.6) is 0 Å². The van der Waals surface area contributed by atoms with E-state index in [1.807, 2.05) is 0 Å². The van der Waals surface area contributed by atoms with Gasteiger partial charge in [0.15, 0.2) is 0 Å². The summed E-state index contributed by atoms with van der Waals surface area (Å²) in [5, 5.41) is 3.62. The number of hydrogen-bond donors (Lipinski definition) is 1. The van der Waals surface area contributed by atoms with Gasteiger partial charge in [-0.25, -0.2) is 4.98 Å². The molecule has 3 heteroatoms. The Morgan fingerprint density at radius 2 is 2.22 bits per heavy atom. The zero-order valence-corrected chi connectivity index (χ0v) is 11.0. The summed E-state index contributed by atoms with van der Waals surface area (Å²) < 4.78 is 2.35. The van der Waals surface area contributed by atoms with E-state index in [4.69, 9.17) is 0 Å². The van der Waals surface area contributed by atoms with Crippen LogP contribution in [-0.2, 0) is 6.54 Å². The first kappa shape index (κ1) is 11.7. The summed E-state index contributed by atoms with van der Waals surface area (Å²) in [7, 11) is 0. The molecule has 3 rings (SSSR count). The van der Waals surface area contributed by atoms with Crippen LogP contribution in [0.3, 0.4) is 0 Å². The van der Waals surface area contributed by atoms with Crippen LogP contribution in [0, 0.1) is 6.92 Å². The Hall–Kier alpha value is -1.35. The van der Waals surface area contributed by atoms with Crippen molar-refractivity contribution in [2.75, 3.05) is 6.54 Å². The van der Waals surface area contributed by atoms with Gasteiger partial charge in [-0.1, -0.05) is 18.6 Å². The average Bonchev–Trinajstić information content (AvgIpc) is 2.73. The van der Waals surface area contributed by atoms with E-state index in [0.29, 0.717) is 6.04 Å². The van der Waals surface area contributed by atoms with Crippen molar-refractivity contribution < 1.29 is 0 Å². The van der Waals surface area contributed by atoms with Crippen molar-refractivity contribution in [3.05, 3.63) is 30.1 Å². The number of rotatable bonds is 3. The van der Waals surface area contributed by atoms with Crippen molar-refractivity contribution in [1.82, 2.24) is 14.9 Å². The topological polar surface area (TPSA) is 29.9 Å². The monoisotopic (exact) mass is 243 g/mol. The van der Waals surface area contributed by atoms with Crippen LogP contribution in [0.25, 0.3) is 11.0 Å². The second-order valence-corrected chi connectivity index (χ2v) is 5.23. The van der Waals surface area contributed by atoms with Gasteiger partial charge < -0.3 is 9.88 Å². The molecule has 0 spiro atoms. The second kappa shape index (κ2) is 5.11. The van der Waals surface area contributed by atoms with Gasteiger partial charge in [-0.2, -0.15) is 0 Å². The van der Waals surface area contributed by atoms with Gasteiger partial charge in [-0.15, -0.1) is 0 Å². The van der Waals surface area contributed by atoms with Gasteiger partial charge >= 0.3 is 0 Å². The van der Waals surface area contributed by atoms with Gasteiger partial charge in [0.2, 0.25) is 0 Å². The van der Waals surface area contributed by atoms with Gasteiger partial charge in [-0.05, 0) is 44.9 Å². The molecule has 1 aromatic heterocycles. The van der Waals surface area contributed by atoms with Crippen LogP contribution in [0.15, 0.2) is 24.3 Å². The molecular formula is C15H21N3. The minimum Gasteiger partial charge on any atom is -0.328 e. The summed E-state index contributed by atoms with van der Waals surface area (Å²) >= 11 is 0. The number of hydrogen-bond acceptors (Lipinski definition) is 2. The first-order chi connectivity index (χ1) is 8.84. The number of fused-ring (bicyclic) bond motifs is 1. The zero-order chi connectivity index (χ0) is 12.4. The van der Waals surface area contributed by atoms with Crippen molar-refractivity contribution in [2.45, 2.75) is 45.2 Å². The molecule has 0 radical (unpaired) electrons. The third-order valence-electron chi connectivity index (χ3n) is 3.96. The van der Waals surface area contributed by atoms with E-state index < -0.39 is 0 Å². The average molecular weight is 243 g/mol. The standard InChI is InChI=1S/C15H21N3/c1-12-17-14-7-2-3-8-15(14)18(12)11-9-13-6-4-5-10-16-13/h2-3,7-8,13,16H,4-6,9-11H2,1H3. The minimum absolute atomic E-state index is 0.694. The molecule has 1 aromatic carbocycles. The maximum Gasteiger partial charge on any atom is 0.106 e. The lowest BCUT2D eigenvalue weighted by molar-refractivity contribution is 0.367. The van der Waals surface area contributed by atoms with E-state index in [2.05, 4.69) is 46.1 Å².